The highest BCUT2D eigenvalue weighted by Crippen LogP contribution is 2.44. The number of alkyl halides is 3. The monoisotopic (exact) mass is 572 g/mol. The van der Waals surface area contributed by atoms with Gasteiger partial charge < -0.3 is 9.64 Å². The minimum absolute atomic E-state index is 0.0394. The van der Waals surface area contributed by atoms with Gasteiger partial charge in [0.2, 0.25) is 0 Å². The normalized spacial score (nSPS) is 21.9. The molecule has 1 aromatic carbocycles. The van der Waals surface area contributed by atoms with E-state index in [0.29, 0.717) is 47.5 Å². The summed E-state index contributed by atoms with van der Waals surface area (Å²) in [6.45, 7) is 2.03. The molecule has 5 heterocycles. The first-order chi connectivity index (χ1) is 18.9. The maximum absolute atomic E-state index is 13.6. The highest BCUT2D eigenvalue weighted by atomic mass is 32.2. The molecule has 0 bridgehead atoms. The molecule has 7 rings (SSSR count). The second-order valence-electron chi connectivity index (χ2n) is 10.4. The molecule has 7 nitrogen and oxygen atoms in total. The van der Waals surface area contributed by atoms with Gasteiger partial charge in [0, 0.05) is 48.6 Å². The van der Waals surface area contributed by atoms with Crippen LogP contribution in [0.25, 0.3) is 21.6 Å². The molecule has 1 aliphatic carbocycles. The smallest absolute Gasteiger partial charge is 0.373 e. The Balaban J connectivity index is 1.30. The van der Waals surface area contributed by atoms with Crippen LogP contribution in [0, 0.1) is 0 Å². The van der Waals surface area contributed by atoms with Crippen molar-refractivity contribution in [2.24, 2.45) is 0 Å². The predicted octanol–water partition coefficient (Wildman–Crippen LogP) is 6.87. The summed E-state index contributed by atoms with van der Waals surface area (Å²) in [6.07, 6.45) is 6.21. The summed E-state index contributed by atoms with van der Waals surface area (Å²) in [5, 5.41) is 4.53. The van der Waals surface area contributed by atoms with Gasteiger partial charge in [-0.05, 0) is 50.5 Å². The maximum Gasteiger partial charge on any atom is 0.416 e. The zero-order chi connectivity index (χ0) is 26.7. The van der Waals surface area contributed by atoms with Crippen molar-refractivity contribution in [2.45, 2.75) is 60.7 Å². The van der Waals surface area contributed by atoms with Gasteiger partial charge in [-0.15, -0.1) is 11.3 Å². The van der Waals surface area contributed by atoms with E-state index in [-0.39, 0.29) is 12.0 Å². The first-order valence-corrected chi connectivity index (χ1v) is 15.3. The van der Waals surface area contributed by atoms with Gasteiger partial charge in [0.15, 0.2) is 9.99 Å². The molecule has 0 spiro atoms. The Morgan fingerprint density at radius 1 is 1.10 bits per heavy atom. The van der Waals surface area contributed by atoms with Crippen LogP contribution < -0.4 is 4.90 Å². The summed E-state index contributed by atoms with van der Waals surface area (Å²) in [5.41, 5.74) is 2.94. The zero-order valence-electron chi connectivity index (χ0n) is 21.3. The predicted molar refractivity (Wildman–Crippen MR) is 145 cm³/mol. The van der Waals surface area contributed by atoms with Crippen LogP contribution in [-0.2, 0) is 10.9 Å². The van der Waals surface area contributed by atoms with E-state index in [1.54, 1.807) is 6.07 Å². The van der Waals surface area contributed by atoms with Crippen molar-refractivity contribution in [1.29, 1.82) is 0 Å². The average Bonchev–Trinajstić information content (AvgIpc) is 3.47. The van der Waals surface area contributed by atoms with E-state index in [4.69, 9.17) is 19.7 Å². The Kier molecular flexibility index (Phi) is 6.31. The van der Waals surface area contributed by atoms with Crippen molar-refractivity contribution in [3.05, 3.63) is 47.5 Å². The van der Waals surface area contributed by atoms with E-state index in [0.717, 1.165) is 46.6 Å². The molecule has 204 valence electrons. The summed E-state index contributed by atoms with van der Waals surface area (Å²) in [4.78, 5) is 16.7. The number of fused-ring (bicyclic) bond motifs is 1. The molecule has 12 heteroatoms. The lowest BCUT2D eigenvalue weighted by molar-refractivity contribution is -0.137. The van der Waals surface area contributed by atoms with Crippen LogP contribution in [-0.4, -0.2) is 50.7 Å². The van der Waals surface area contributed by atoms with E-state index < -0.39 is 11.7 Å². The number of benzene rings is 1. The minimum atomic E-state index is -4.41. The van der Waals surface area contributed by atoms with Gasteiger partial charge in [0.25, 0.3) is 0 Å². The summed E-state index contributed by atoms with van der Waals surface area (Å²) in [5.74, 6) is 0.713. The Bertz CT molecular complexity index is 1530. The largest absolute Gasteiger partial charge is 0.416 e. The van der Waals surface area contributed by atoms with E-state index in [1.807, 2.05) is 22.0 Å². The molecule has 2 aliphatic heterocycles. The number of hydrogen-bond acceptors (Lipinski definition) is 8. The lowest BCUT2D eigenvalue weighted by Crippen LogP contribution is -2.37. The van der Waals surface area contributed by atoms with Crippen molar-refractivity contribution in [3.63, 3.8) is 0 Å². The van der Waals surface area contributed by atoms with Crippen LogP contribution in [0.15, 0.2) is 34.9 Å². The Morgan fingerprint density at radius 2 is 1.95 bits per heavy atom. The molecule has 2 unspecified atom stereocenters. The van der Waals surface area contributed by atoms with Crippen molar-refractivity contribution in [2.75, 3.05) is 30.9 Å². The van der Waals surface area contributed by atoms with Gasteiger partial charge in [-0.2, -0.15) is 18.3 Å². The van der Waals surface area contributed by atoms with Crippen LogP contribution in [0.4, 0.5) is 18.9 Å². The molecule has 0 radical (unpaired) electrons. The average molecular weight is 573 g/mol. The number of thiazole rings is 1. The molecule has 4 aromatic rings. The number of rotatable bonds is 6. The number of hydrogen-bond donors (Lipinski definition) is 0. The van der Waals surface area contributed by atoms with Crippen molar-refractivity contribution in [3.8, 4) is 11.3 Å². The maximum atomic E-state index is 13.6. The summed E-state index contributed by atoms with van der Waals surface area (Å²) in [6, 6.07) is 4.50. The molecule has 3 aliphatic rings. The van der Waals surface area contributed by atoms with Crippen LogP contribution in [0.2, 0.25) is 0 Å². The van der Waals surface area contributed by atoms with Gasteiger partial charge in [-0.3, -0.25) is 4.68 Å². The highest BCUT2D eigenvalue weighted by molar-refractivity contribution is 8.00. The van der Waals surface area contributed by atoms with Gasteiger partial charge in [-0.25, -0.2) is 15.0 Å². The molecule has 3 aromatic heterocycles. The third kappa shape index (κ3) is 4.80. The number of halogens is 3. The first kappa shape index (κ1) is 25.3. The van der Waals surface area contributed by atoms with Crippen LogP contribution >= 0.6 is 23.1 Å². The zero-order valence-corrected chi connectivity index (χ0v) is 23.0. The molecule has 1 saturated carbocycles. The minimum Gasteiger partial charge on any atom is -0.373 e. The van der Waals surface area contributed by atoms with E-state index in [9.17, 15) is 13.2 Å². The van der Waals surface area contributed by atoms with Crippen molar-refractivity contribution < 1.29 is 17.9 Å². The fourth-order valence-electron chi connectivity index (χ4n) is 5.32. The number of thioether (sulfide) groups is 1. The molecular weight excluding hydrogens is 545 g/mol. The quantitative estimate of drug-likeness (QED) is 0.234. The number of anilines is 1. The van der Waals surface area contributed by atoms with Gasteiger partial charge in [0.05, 0.1) is 29.6 Å². The van der Waals surface area contributed by atoms with Gasteiger partial charge >= 0.3 is 6.18 Å². The van der Waals surface area contributed by atoms with E-state index in [1.165, 1.54) is 42.0 Å². The second-order valence-corrected chi connectivity index (χ2v) is 12.5. The summed E-state index contributed by atoms with van der Waals surface area (Å²) >= 11 is 3.02. The Labute approximate surface area is 231 Å². The molecule has 39 heavy (non-hydrogen) atoms. The fraction of sp³-hybridized carbons (Fsp3) is 0.481. The van der Waals surface area contributed by atoms with Gasteiger partial charge in [-0.1, -0.05) is 17.8 Å². The molecule has 0 amide bonds. The molecule has 2 saturated heterocycles. The molecule has 2 atom stereocenters. The SMILES string of the molecule is CSc1nc2nc(C3CCOC(c4cnn(C5CC5)c4)C3)nc(-c3ccc(C(F)(F)F)cc3N3CCC3)c2s1. The Hall–Kier alpha value is -2.70. The van der Waals surface area contributed by atoms with Crippen LogP contribution in [0.5, 0.6) is 0 Å². The number of nitrogens with zero attached hydrogens (tertiary/aromatic N) is 6. The summed E-state index contributed by atoms with van der Waals surface area (Å²) < 4.78 is 50.8. The van der Waals surface area contributed by atoms with Crippen LogP contribution in [0.1, 0.15) is 67.1 Å². The molecule has 3 fully saturated rings. The number of ether oxygens (including phenoxy) is 1. The van der Waals surface area contributed by atoms with E-state index >= 15 is 0 Å². The second kappa shape index (κ2) is 9.74. The summed E-state index contributed by atoms with van der Waals surface area (Å²) in [7, 11) is 0. The van der Waals surface area contributed by atoms with Crippen molar-refractivity contribution in [1.82, 2.24) is 24.7 Å². The number of aromatic nitrogens is 5. The first-order valence-electron chi connectivity index (χ1n) is 13.2. The third-order valence-electron chi connectivity index (χ3n) is 7.77. The van der Waals surface area contributed by atoms with E-state index in [2.05, 4.69) is 11.3 Å². The fourth-order valence-corrected chi connectivity index (χ4v) is 6.83. The van der Waals surface area contributed by atoms with Crippen LogP contribution in [0.3, 0.4) is 0 Å². The molecule has 0 N–H and O–H groups in total. The standard InChI is InChI=1S/C27H27F3N6OS2/c1-38-26-34-25-23(39-26)22(19-6-3-17(27(28,29)30)12-20(19)35-8-2-9-35)32-24(33-25)15-7-10-37-21(11-15)16-13-31-36(14-16)18-4-5-18/h3,6,12-15,18,21H,2,4-5,7-11H2,1H3. The van der Waals surface area contributed by atoms with Gasteiger partial charge in [0.1, 0.15) is 10.5 Å². The lowest BCUT2D eigenvalue weighted by atomic mass is 9.92. The molecular formula is C27H27F3N6OS2. The highest BCUT2D eigenvalue weighted by Gasteiger charge is 2.34. The Morgan fingerprint density at radius 3 is 2.67 bits per heavy atom. The van der Waals surface area contributed by atoms with Crippen molar-refractivity contribution >= 4 is 39.1 Å². The topological polar surface area (TPSA) is 69.0 Å². The lowest BCUT2D eigenvalue weighted by Gasteiger charge is -2.35. The third-order valence-corrected chi connectivity index (χ3v) is 9.80.